The lowest BCUT2D eigenvalue weighted by Gasteiger charge is -2.08. The Balaban J connectivity index is 1.69. The molecule has 25 heavy (non-hydrogen) atoms. The van der Waals surface area contributed by atoms with Crippen LogP contribution in [0.3, 0.4) is 0 Å². The Morgan fingerprint density at radius 1 is 1.12 bits per heavy atom. The third kappa shape index (κ3) is 2.81. The van der Waals surface area contributed by atoms with E-state index in [-0.39, 0.29) is 23.0 Å². The number of benzene rings is 2. The van der Waals surface area contributed by atoms with Gasteiger partial charge in [0.2, 0.25) is 6.79 Å². The van der Waals surface area contributed by atoms with Crippen molar-refractivity contribution < 1.29 is 18.7 Å². The molecule has 0 fully saturated rings. The molecule has 0 saturated carbocycles. The Hall–Kier alpha value is -2.99. The molecule has 4 rings (SSSR count). The molecular weight excluding hydrogens is 346 g/mol. The topological polar surface area (TPSA) is 77.8 Å². The summed E-state index contributed by atoms with van der Waals surface area (Å²) < 4.78 is 16.0. The summed E-state index contributed by atoms with van der Waals surface area (Å²) in [5, 5.41) is 3.34. The minimum atomic E-state index is -0.583. The van der Waals surface area contributed by atoms with Crippen LogP contribution in [0.1, 0.15) is 16.1 Å². The van der Waals surface area contributed by atoms with E-state index >= 15 is 0 Å². The van der Waals surface area contributed by atoms with E-state index < -0.39 is 5.91 Å². The van der Waals surface area contributed by atoms with Crippen LogP contribution in [0.2, 0.25) is 5.02 Å². The van der Waals surface area contributed by atoms with Crippen LogP contribution in [0.4, 0.5) is 5.69 Å². The molecule has 1 amide bonds. The first kappa shape index (κ1) is 15.5. The molecule has 0 unspecified atom stereocenters. The average Bonchev–Trinajstić information content (AvgIpc) is 3.02. The van der Waals surface area contributed by atoms with Gasteiger partial charge in [0.25, 0.3) is 5.91 Å². The molecule has 0 bridgehead atoms. The second-order valence-corrected chi connectivity index (χ2v) is 6.02. The van der Waals surface area contributed by atoms with Crippen molar-refractivity contribution in [2.75, 3.05) is 12.1 Å². The highest BCUT2D eigenvalue weighted by Gasteiger charge is 2.19. The maximum atomic E-state index is 12.5. The zero-order valence-electron chi connectivity index (χ0n) is 13.1. The number of anilines is 1. The van der Waals surface area contributed by atoms with Crippen LogP contribution in [-0.4, -0.2) is 12.7 Å². The summed E-state index contributed by atoms with van der Waals surface area (Å²) in [4.78, 5) is 24.7. The highest BCUT2D eigenvalue weighted by Crippen LogP contribution is 2.39. The van der Waals surface area contributed by atoms with E-state index in [9.17, 15) is 9.59 Å². The fraction of sp³-hybridized carbons (Fsp3) is 0.111. The summed E-state index contributed by atoms with van der Waals surface area (Å²) in [6.07, 6.45) is 0. The number of halogens is 1. The third-order valence-electron chi connectivity index (χ3n) is 3.82. The molecule has 2 aromatic carbocycles. The maximum Gasteiger partial charge on any atom is 0.291 e. The SMILES string of the molecule is Cc1ccc2oc(C(=O)Nc3cc4c(cc3Cl)OCO4)cc(=O)c2c1. The van der Waals surface area contributed by atoms with Crippen LogP contribution >= 0.6 is 11.6 Å². The quantitative estimate of drug-likeness (QED) is 0.756. The number of carbonyl (C=O) groups excluding carboxylic acids is 1. The molecule has 0 aliphatic carbocycles. The number of amides is 1. The molecule has 2 heterocycles. The number of hydrogen-bond donors (Lipinski definition) is 1. The second-order valence-electron chi connectivity index (χ2n) is 5.61. The molecule has 1 aromatic heterocycles. The lowest BCUT2D eigenvalue weighted by molar-refractivity contribution is 0.0997. The number of nitrogens with one attached hydrogen (secondary N) is 1. The van der Waals surface area contributed by atoms with Crippen molar-refractivity contribution in [2.45, 2.75) is 6.92 Å². The van der Waals surface area contributed by atoms with Crippen molar-refractivity contribution in [1.29, 1.82) is 0 Å². The van der Waals surface area contributed by atoms with Gasteiger partial charge in [0.1, 0.15) is 5.58 Å². The molecule has 6 nitrogen and oxygen atoms in total. The normalized spacial score (nSPS) is 12.4. The van der Waals surface area contributed by atoms with Gasteiger partial charge in [-0.3, -0.25) is 9.59 Å². The molecule has 0 spiro atoms. The van der Waals surface area contributed by atoms with E-state index in [4.69, 9.17) is 25.5 Å². The summed E-state index contributed by atoms with van der Waals surface area (Å²) in [7, 11) is 0. The van der Waals surface area contributed by atoms with Gasteiger partial charge in [-0.25, -0.2) is 0 Å². The van der Waals surface area contributed by atoms with Gasteiger partial charge < -0.3 is 19.2 Å². The monoisotopic (exact) mass is 357 g/mol. The fourth-order valence-electron chi connectivity index (χ4n) is 2.58. The van der Waals surface area contributed by atoms with Gasteiger partial charge in [-0.05, 0) is 19.1 Å². The van der Waals surface area contributed by atoms with Crippen molar-refractivity contribution in [3.63, 3.8) is 0 Å². The first-order chi connectivity index (χ1) is 12.0. The first-order valence-corrected chi connectivity index (χ1v) is 7.84. The Labute approximate surface area is 146 Å². The van der Waals surface area contributed by atoms with Crippen LogP contribution < -0.4 is 20.2 Å². The van der Waals surface area contributed by atoms with Crippen LogP contribution in [0, 0.1) is 6.92 Å². The molecule has 1 N–H and O–H groups in total. The Bertz CT molecular complexity index is 1070. The van der Waals surface area contributed by atoms with Crippen LogP contribution in [-0.2, 0) is 0 Å². The maximum absolute atomic E-state index is 12.5. The van der Waals surface area contributed by atoms with Gasteiger partial charge in [-0.1, -0.05) is 23.2 Å². The van der Waals surface area contributed by atoms with E-state index in [1.54, 1.807) is 24.3 Å². The van der Waals surface area contributed by atoms with Crippen molar-refractivity contribution >= 4 is 34.2 Å². The van der Waals surface area contributed by atoms with E-state index in [1.807, 2.05) is 13.0 Å². The minimum Gasteiger partial charge on any atom is -0.454 e. The van der Waals surface area contributed by atoms with Crippen LogP contribution in [0.25, 0.3) is 11.0 Å². The summed E-state index contributed by atoms with van der Waals surface area (Å²) in [5.41, 5.74) is 1.33. The van der Waals surface area contributed by atoms with Crippen molar-refractivity contribution in [3.05, 3.63) is 63.0 Å². The average molecular weight is 358 g/mol. The third-order valence-corrected chi connectivity index (χ3v) is 4.13. The number of hydrogen-bond acceptors (Lipinski definition) is 5. The van der Waals surface area contributed by atoms with E-state index in [1.165, 1.54) is 0 Å². The van der Waals surface area contributed by atoms with Gasteiger partial charge in [0.05, 0.1) is 16.1 Å². The van der Waals surface area contributed by atoms with Gasteiger partial charge >= 0.3 is 0 Å². The Morgan fingerprint density at radius 3 is 2.68 bits per heavy atom. The van der Waals surface area contributed by atoms with Crippen molar-refractivity contribution in [2.24, 2.45) is 0 Å². The highest BCUT2D eigenvalue weighted by atomic mass is 35.5. The minimum absolute atomic E-state index is 0.0992. The summed E-state index contributed by atoms with van der Waals surface area (Å²) in [5.74, 6) is 0.307. The van der Waals surface area contributed by atoms with E-state index in [2.05, 4.69) is 5.32 Å². The highest BCUT2D eigenvalue weighted by molar-refractivity contribution is 6.34. The summed E-state index contributed by atoms with van der Waals surface area (Å²) in [6.45, 7) is 1.98. The standard InChI is InChI=1S/C18H12ClNO5/c1-9-2-3-14-10(4-9)13(21)7-17(25-14)18(22)20-12-6-16-15(5-11(12)19)23-8-24-16/h2-7H,8H2,1H3,(H,20,22). The smallest absolute Gasteiger partial charge is 0.291 e. The first-order valence-electron chi connectivity index (χ1n) is 7.46. The molecule has 0 atom stereocenters. The number of carbonyl (C=O) groups is 1. The van der Waals surface area contributed by atoms with Gasteiger partial charge in [-0.2, -0.15) is 0 Å². The molecule has 7 heteroatoms. The number of ether oxygens (including phenoxy) is 2. The molecule has 1 aliphatic rings. The van der Waals surface area contributed by atoms with Gasteiger partial charge in [0.15, 0.2) is 22.7 Å². The Morgan fingerprint density at radius 2 is 1.88 bits per heavy atom. The van der Waals surface area contributed by atoms with E-state index in [0.29, 0.717) is 28.2 Å². The van der Waals surface area contributed by atoms with Crippen molar-refractivity contribution in [3.8, 4) is 11.5 Å². The van der Waals surface area contributed by atoms with Crippen molar-refractivity contribution in [1.82, 2.24) is 0 Å². The lowest BCUT2D eigenvalue weighted by Crippen LogP contribution is -2.15. The zero-order valence-corrected chi connectivity index (χ0v) is 13.8. The predicted molar refractivity (Wildman–Crippen MR) is 92.7 cm³/mol. The largest absolute Gasteiger partial charge is 0.454 e. The van der Waals surface area contributed by atoms with Crippen LogP contribution in [0.15, 0.2) is 45.6 Å². The van der Waals surface area contributed by atoms with Gasteiger partial charge in [0, 0.05) is 18.2 Å². The molecule has 0 radical (unpaired) electrons. The predicted octanol–water partition coefficient (Wildman–Crippen LogP) is 3.74. The summed E-state index contributed by atoms with van der Waals surface area (Å²) in [6, 6.07) is 9.47. The second kappa shape index (κ2) is 5.82. The number of aryl methyl sites for hydroxylation is 1. The molecule has 126 valence electrons. The lowest BCUT2D eigenvalue weighted by atomic mass is 10.1. The molecule has 1 aliphatic heterocycles. The number of rotatable bonds is 2. The molecule has 0 saturated heterocycles. The molecule has 3 aromatic rings. The fourth-order valence-corrected chi connectivity index (χ4v) is 2.78. The Kier molecular flexibility index (Phi) is 3.62. The van der Waals surface area contributed by atoms with Crippen LogP contribution in [0.5, 0.6) is 11.5 Å². The number of fused-ring (bicyclic) bond motifs is 2. The van der Waals surface area contributed by atoms with E-state index in [0.717, 1.165) is 11.6 Å². The zero-order chi connectivity index (χ0) is 17.6. The molecular formula is C18H12ClNO5. The van der Waals surface area contributed by atoms with Gasteiger partial charge in [-0.15, -0.1) is 0 Å². The summed E-state index contributed by atoms with van der Waals surface area (Å²) >= 11 is 6.14.